The van der Waals surface area contributed by atoms with Gasteiger partial charge in [0.1, 0.15) is 0 Å². The second-order valence-electron chi connectivity index (χ2n) is 7.27. The smallest absolute Gasteiger partial charge is 0.225 e. The summed E-state index contributed by atoms with van der Waals surface area (Å²) in [6.07, 6.45) is 1.87. The maximum absolute atomic E-state index is 11.6. The Bertz CT molecular complexity index is 381. The summed E-state index contributed by atoms with van der Waals surface area (Å²) in [6.45, 7) is 12.3. The molecule has 0 fully saturated rings. The van der Waals surface area contributed by atoms with Crippen LogP contribution >= 0.6 is 0 Å². The van der Waals surface area contributed by atoms with E-state index in [1.54, 1.807) is 6.92 Å². The van der Waals surface area contributed by atoms with E-state index in [4.69, 9.17) is 9.84 Å². The van der Waals surface area contributed by atoms with Crippen LogP contribution < -0.4 is 10.6 Å². The van der Waals surface area contributed by atoms with Crippen molar-refractivity contribution in [2.75, 3.05) is 19.8 Å². The van der Waals surface area contributed by atoms with Gasteiger partial charge in [-0.15, -0.1) is 0 Å². The molecular formula is C17H34N2O4. The van der Waals surface area contributed by atoms with E-state index >= 15 is 0 Å². The van der Waals surface area contributed by atoms with Crippen LogP contribution in [0.4, 0.5) is 0 Å². The molecule has 3 N–H and O–H groups in total. The fourth-order valence-corrected chi connectivity index (χ4v) is 1.93. The molecule has 0 spiro atoms. The Morgan fingerprint density at radius 1 is 1.17 bits per heavy atom. The second kappa shape index (κ2) is 9.88. The Kier molecular flexibility index (Phi) is 9.39. The van der Waals surface area contributed by atoms with Gasteiger partial charge in [-0.3, -0.25) is 9.59 Å². The first-order valence-corrected chi connectivity index (χ1v) is 8.36. The number of hydrogen-bond acceptors (Lipinski definition) is 4. The Morgan fingerprint density at radius 2 is 1.78 bits per heavy atom. The van der Waals surface area contributed by atoms with Gasteiger partial charge in [-0.1, -0.05) is 13.8 Å². The van der Waals surface area contributed by atoms with Crippen LogP contribution in [0.3, 0.4) is 0 Å². The van der Waals surface area contributed by atoms with Crippen LogP contribution in [0.1, 0.15) is 60.8 Å². The second-order valence-corrected chi connectivity index (χ2v) is 7.27. The lowest BCUT2D eigenvalue weighted by Crippen LogP contribution is -2.44. The summed E-state index contributed by atoms with van der Waals surface area (Å²) in [5.41, 5.74) is -0.658. The molecule has 1 unspecified atom stereocenters. The molecule has 0 radical (unpaired) electrons. The predicted molar refractivity (Wildman–Crippen MR) is 91.0 cm³/mol. The maximum Gasteiger partial charge on any atom is 0.225 e. The van der Waals surface area contributed by atoms with Crippen molar-refractivity contribution in [1.82, 2.24) is 10.6 Å². The minimum absolute atomic E-state index is 0.0370. The summed E-state index contributed by atoms with van der Waals surface area (Å²) in [7, 11) is 0. The number of ether oxygens (including phenoxy) is 1. The lowest BCUT2D eigenvalue weighted by Gasteiger charge is -2.30. The van der Waals surface area contributed by atoms with Gasteiger partial charge in [0.15, 0.2) is 0 Å². The third-order valence-electron chi connectivity index (χ3n) is 3.77. The third-order valence-corrected chi connectivity index (χ3v) is 3.77. The average Bonchev–Trinajstić information content (AvgIpc) is 2.44. The number of aliphatic hydroxyl groups is 1. The number of carbonyl (C=O) groups excluding carboxylic acids is 2. The van der Waals surface area contributed by atoms with Gasteiger partial charge in [-0.2, -0.15) is 0 Å². The zero-order valence-corrected chi connectivity index (χ0v) is 15.5. The number of aliphatic hydroxyl groups excluding tert-OH is 1. The number of carbonyl (C=O) groups is 2. The molecule has 0 heterocycles. The molecule has 0 aliphatic heterocycles. The van der Waals surface area contributed by atoms with E-state index in [9.17, 15) is 9.59 Å². The number of rotatable bonds is 11. The van der Waals surface area contributed by atoms with Crippen molar-refractivity contribution in [1.29, 1.82) is 0 Å². The van der Waals surface area contributed by atoms with E-state index in [1.165, 1.54) is 0 Å². The first-order valence-electron chi connectivity index (χ1n) is 8.36. The van der Waals surface area contributed by atoms with Gasteiger partial charge in [-0.25, -0.2) is 0 Å². The Hall–Kier alpha value is -1.14. The molecule has 2 amide bonds. The van der Waals surface area contributed by atoms with E-state index in [0.29, 0.717) is 26.0 Å². The lowest BCUT2D eigenvalue weighted by atomic mass is 10.00. The van der Waals surface area contributed by atoms with E-state index in [0.717, 1.165) is 6.42 Å². The molecule has 0 rings (SSSR count). The van der Waals surface area contributed by atoms with Gasteiger partial charge < -0.3 is 20.5 Å². The Morgan fingerprint density at radius 3 is 2.30 bits per heavy atom. The first-order chi connectivity index (χ1) is 10.5. The van der Waals surface area contributed by atoms with E-state index in [2.05, 4.69) is 10.6 Å². The van der Waals surface area contributed by atoms with Crippen molar-refractivity contribution in [3.8, 4) is 0 Å². The summed E-state index contributed by atoms with van der Waals surface area (Å²) >= 11 is 0. The first kappa shape index (κ1) is 21.9. The van der Waals surface area contributed by atoms with E-state index < -0.39 is 0 Å². The molecule has 0 aromatic heterocycles. The van der Waals surface area contributed by atoms with Crippen LogP contribution in [-0.2, 0) is 14.3 Å². The van der Waals surface area contributed by atoms with Gasteiger partial charge in [0.2, 0.25) is 11.8 Å². The standard InChI is InChI=1S/C17H34N2O4/c1-7-14(21)19-16(3,4)9-11-23-17(5,6)8-10-18-15(22)13(2)12-20/h13,20H,7-12H2,1-6H3,(H,18,22)(H,19,21). The number of nitrogens with one attached hydrogen (secondary N) is 2. The zero-order chi connectivity index (χ0) is 18.1. The van der Waals surface area contributed by atoms with Crippen LogP contribution in [-0.4, -0.2) is 47.8 Å². The number of hydrogen-bond donors (Lipinski definition) is 3. The summed E-state index contributed by atoms with van der Waals surface area (Å²) in [5, 5.41) is 14.7. The van der Waals surface area contributed by atoms with Gasteiger partial charge >= 0.3 is 0 Å². The highest BCUT2D eigenvalue weighted by Gasteiger charge is 2.23. The molecule has 0 bridgehead atoms. The molecular weight excluding hydrogens is 296 g/mol. The maximum atomic E-state index is 11.6. The van der Waals surface area contributed by atoms with Crippen LogP contribution in [0, 0.1) is 5.92 Å². The average molecular weight is 330 g/mol. The van der Waals surface area contributed by atoms with Crippen LogP contribution in [0.2, 0.25) is 0 Å². The van der Waals surface area contributed by atoms with E-state index in [-0.39, 0.29) is 35.5 Å². The topological polar surface area (TPSA) is 87.7 Å². The summed E-state index contributed by atoms with van der Waals surface area (Å²) in [5.74, 6) is -0.497. The van der Waals surface area contributed by atoms with Gasteiger partial charge in [-0.05, 0) is 40.5 Å². The molecule has 0 aromatic carbocycles. The van der Waals surface area contributed by atoms with Gasteiger partial charge in [0, 0.05) is 25.1 Å². The van der Waals surface area contributed by atoms with Crippen molar-refractivity contribution in [3.63, 3.8) is 0 Å². The largest absolute Gasteiger partial charge is 0.396 e. The highest BCUT2D eigenvalue weighted by atomic mass is 16.5. The van der Waals surface area contributed by atoms with Crippen molar-refractivity contribution < 1.29 is 19.4 Å². The van der Waals surface area contributed by atoms with Crippen molar-refractivity contribution in [2.45, 2.75) is 71.9 Å². The molecule has 0 saturated heterocycles. The van der Waals surface area contributed by atoms with Crippen molar-refractivity contribution >= 4 is 11.8 Å². The molecule has 1 atom stereocenters. The molecule has 0 aliphatic rings. The summed E-state index contributed by atoms with van der Waals surface area (Å²) < 4.78 is 5.90. The molecule has 6 heteroatoms. The predicted octanol–water partition coefficient (Wildman–Crippen LogP) is 1.61. The SMILES string of the molecule is CCC(=O)NC(C)(C)CCOC(C)(C)CCNC(=O)C(C)CO. The summed E-state index contributed by atoms with van der Waals surface area (Å²) in [4.78, 5) is 23.0. The molecule has 23 heavy (non-hydrogen) atoms. The molecule has 136 valence electrons. The highest BCUT2D eigenvalue weighted by molar-refractivity contribution is 5.78. The van der Waals surface area contributed by atoms with Crippen molar-refractivity contribution in [2.24, 2.45) is 5.92 Å². The number of amides is 2. The fraction of sp³-hybridized carbons (Fsp3) is 0.882. The Labute approximate surface area is 140 Å². The highest BCUT2D eigenvalue weighted by Crippen LogP contribution is 2.17. The molecule has 0 aliphatic carbocycles. The quantitative estimate of drug-likeness (QED) is 0.537. The van der Waals surface area contributed by atoms with E-state index in [1.807, 2.05) is 34.6 Å². The molecule has 0 saturated carbocycles. The Balaban J connectivity index is 4.08. The monoisotopic (exact) mass is 330 g/mol. The summed E-state index contributed by atoms with van der Waals surface area (Å²) in [6, 6.07) is 0. The van der Waals surface area contributed by atoms with Crippen molar-refractivity contribution in [3.05, 3.63) is 0 Å². The van der Waals surface area contributed by atoms with Crippen LogP contribution in [0.5, 0.6) is 0 Å². The van der Waals surface area contributed by atoms with Crippen LogP contribution in [0.15, 0.2) is 0 Å². The fourth-order valence-electron chi connectivity index (χ4n) is 1.93. The lowest BCUT2D eigenvalue weighted by molar-refractivity contribution is -0.125. The molecule has 6 nitrogen and oxygen atoms in total. The third kappa shape index (κ3) is 10.3. The molecule has 0 aromatic rings. The zero-order valence-electron chi connectivity index (χ0n) is 15.5. The van der Waals surface area contributed by atoms with Gasteiger partial charge in [0.25, 0.3) is 0 Å². The van der Waals surface area contributed by atoms with Crippen LogP contribution in [0.25, 0.3) is 0 Å². The normalized spacial score (nSPS) is 13.5. The minimum atomic E-state index is -0.387. The minimum Gasteiger partial charge on any atom is -0.396 e. The van der Waals surface area contributed by atoms with Gasteiger partial charge in [0.05, 0.1) is 18.1 Å².